The van der Waals surface area contributed by atoms with Gasteiger partial charge in [-0.3, -0.25) is 4.79 Å². The summed E-state index contributed by atoms with van der Waals surface area (Å²) in [5.74, 6) is 0.252. The molecule has 0 spiro atoms. The van der Waals surface area contributed by atoms with E-state index < -0.39 is 5.92 Å². The fraction of sp³-hybridized carbons (Fsp3) is 0.333. The highest BCUT2D eigenvalue weighted by Crippen LogP contribution is 2.25. The van der Waals surface area contributed by atoms with E-state index in [0.717, 1.165) is 11.4 Å². The summed E-state index contributed by atoms with van der Waals surface area (Å²) < 4.78 is 5.12. The van der Waals surface area contributed by atoms with Crippen LogP contribution in [0.25, 0.3) is 0 Å². The van der Waals surface area contributed by atoms with Gasteiger partial charge in [-0.05, 0) is 12.1 Å². The van der Waals surface area contributed by atoms with Crippen LogP contribution in [-0.2, 0) is 4.79 Å². The fourth-order valence-corrected chi connectivity index (χ4v) is 1.80. The molecule has 16 heavy (non-hydrogen) atoms. The molecule has 1 heterocycles. The molecule has 1 aromatic carbocycles. The second kappa shape index (κ2) is 4.23. The third kappa shape index (κ3) is 1.84. The number of benzene rings is 1. The second-order valence-electron chi connectivity index (χ2n) is 3.73. The number of anilines is 1. The Hall–Kier alpha value is -2.02. The number of Topliss-reactive ketones (excluding diaryl/α,β-unsaturated/α-hetero) is 1. The van der Waals surface area contributed by atoms with E-state index in [1.807, 2.05) is 35.2 Å². The Morgan fingerprint density at radius 1 is 1.56 bits per heavy atom. The zero-order valence-electron chi connectivity index (χ0n) is 9.01. The smallest absolute Gasteiger partial charge is 0.170 e. The van der Waals surface area contributed by atoms with Crippen molar-refractivity contribution in [3.8, 4) is 11.8 Å². The summed E-state index contributed by atoms with van der Waals surface area (Å²) in [6, 6.07) is 9.52. The summed E-state index contributed by atoms with van der Waals surface area (Å²) in [4.78, 5) is 13.3. The summed E-state index contributed by atoms with van der Waals surface area (Å²) in [5.41, 5.74) is 0.922. The van der Waals surface area contributed by atoms with Gasteiger partial charge in [-0.15, -0.1) is 0 Å². The van der Waals surface area contributed by atoms with Crippen LogP contribution in [0.4, 0.5) is 5.69 Å². The zero-order valence-corrected chi connectivity index (χ0v) is 9.01. The monoisotopic (exact) mass is 216 g/mol. The summed E-state index contributed by atoms with van der Waals surface area (Å²) in [6.45, 7) is 0.786. The molecule has 0 aliphatic carbocycles. The Labute approximate surface area is 94.0 Å². The maximum Gasteiger partial charge on any atom is 0.170 e. The van der Waals surface area contributed by atoms with Gasteiger partial charge in [-0.1, -0.05) is 6.07 Å². The van der Waals surface area contributed by atoms with Crippen molar-refractivity contribution in [1.82, 2.24) is 0 Å². The lowest BCUT2D eigenvalue weighted by Crippen LogP contribution is -2.19. The number of nitrogens with zero attached hydrogens (tertiary/aromatic N) is 2. The Balaban J connectivity index is 2.20. The predicted molar refractivity (Wildman–Crippen MR) is 59.3 cm³/mol. The SMILES string of the molecule is COc1cccc(N2CC(=O)[C@H](C#N)C2)c1. The van der Waals surface area contributed by atoms with Crippen LogP contribution in [-0.4, -0.2) is 26.0 Å². The largest absolute Gasteiger partial charge is 0.497 e. The number of ketones is 1. The van der Waals surface area contributed by atoms with Gasteiger partial charge in [-0.25, -0.2) is 0 Å². The molecule has 0 saturated carbocycles. The van der Waals surface area contributed by atoms with Crippen molar-refractivity contribution >= 4 is 11.5 Å². The van der Waals surface area contributed by atoms with Crippen LogP contribution < -0.4 is 9.64 Å². The van der Waals surface area contributed by atoms with E-state index in [1.54, 1.807) is 7.11 Å². The van der Waals surface area contributed by atoms with Crippen LogP contribution in [0.15, 0.2) is 24.3 Å². The topological polar surface area (TPSA) is 53.3 Å². The maximum absolute atomic E-state index is 11.4. The first kappa shape index (κ1) is 10.5. The molecule has 82 valence electrons. The summed E-state index contributed by atoms with van der Waals surface area (Å²) in [5, 5.41) is 8.78. The van der Waals surface area contributed by atoms with Crippen LogP contribution in [0, 0.1) is 17.2 Å². The van der Waals surface area contributed by atoms with Gasteiger partial charge in [0.15, 0.2) is 5.78 Å². The van der Waals surface area contributed by atoms with E-state index in [2.05, 4.69) is 0 Å². The van der Waals surface area contributed by atoms with Crippen LogP contribution in [0.2, 0.25) is 0 Å². The molecule has 1 aliphatic rings. The molecule has 0 amide bonds. The molecule has 0 N–H and O–H groups in total. The molecule has 1 atom stereocenters. The van der Waals surface area contributed by atoms with Gasteiger partial charge in [-0.2, -0.15) is 5.26 Å². The maximum atomic E-state index is 11.4. The molecule has 1 saturated heterocycles. The molecule has 0 unspecified atom stereocenters. The van der Waals surface area contributed by atoms with Gasteiger partial charge in [0, 0.05) is 18.3 Å². The van der Waals surface area contributed by atoms with Crippen molar-refractivity contribution in [3.63, 3.8) is 0 Å². The molecule has 0 radical (unpaired) electrons. The Bertz CT molecular complexity index is 451. The van der Waals surface area contributed by atoms with Crippen LogP contribution >= 0.6 is 0 Å². The predicted octanol–water partition coefficient (Wildman–Crippen LogP) is 1.22. The van der Waals surface area contributed by atoms with Crippen molar-refractivity contribution in [2.24, 2.45) is 5.92 Å². The molecule has 1 fully saturated rings. The molecular formula is C12H12N2O2. The van der Waals surface area contributed by atoms with Crippen molar-refractivity contribution in [3.05, 3.63) is 24.3 Å². The average molecular weight is 216 g/mol. The minimum atomic E-state index is -0.494. The second-order valence-corrected chi connectivity index (χ2v) is 3.73. The van der Waals surface area contributed by atoms with E-state index in [0.29, 0.717) is 13.1 Å². The van der Waals surface area contributed by atoms with Crippen LogP contribution in [0.5, 0.6) is 5.75 Å². The number of carbonyl (C=O) groups is 1. The van der Waals surface area contributed by atoms with Crippen molar-refractivity contribution < 1.29 is 9.53 Å². The molecule has 0 aromatic heterocycles. The van der Waals surface area contributed by atoms with E-state index in [9.17, 15) is 4.79 Å². The van der Waals surface area contributed by atoms with Gasteiger partial charge in [0.25, 0.3) is 0 Å². The molecule has 0 bridgehead atoms. The number of rotatable bonds is 2. The lowest BCUT2D eigenvalue weighted by molar-refractivity contribution is -0.118. The van der Waals surface area contributed by atoms with E-state index in [-0.39, 0.29) is 5.78 Å². The third-order valence-corrected chi connectivity index (χ3v) is 2.71. The first-order valence-electron chi connectivity index (χ1n) is 5.06. The fourth-order valence-electron chi connectivity index (χ4n) is 1.80. The number of ether oxygens (including phenoxy) is 1. The Morgan fingerprint density at radius 2 is 2.38 bits per heavy atom. The van der Waals surface area contributed by atoms with Gasteiger partial charge in [0.2, 0.25) is 0 Å². The van der Waals surface area contributed by atoms with Gasteiger partial charge < -0.3 is 9.64 Å². The van der Waals surface area contributed by atoms with Crippen LogP contribution in [0.3, 0.4) is 0 Å². The van der Waals surface area contributed by atoms with E-state index in [4.69, 9.17) is 10.00 Å². The van der Waals surface area contributed by atoms with Crippen molar-refractivity contribution in [2.45, 2.75) is 0 Å². The minimum Gasteiger partial charge on any atom is -0.497 e. The van der Waals surface area contributed by atoms with E-state index in [1.165, 1.54) is 0 Å². The van der Waals surface area contributed by atoms with Gasteiger partial charge >= 0.3 is 0 Å². The van der Waals surface area contributed by atoms with Gasteiger partial charge in [0.1, 0.15) is 11.7 Å². The highest BCUT2D eigenvalue weighted by Gasteiger charge is 2.30. The minimum absolute atomic E-state index is 0.00896. The normalized spacial score (nSPS) is 19.6. The average Bonchev–Trinajstić information content (AvgIpc) is 2.71. The summed E-state index contributed by atoms with van der Waals surface area (Å²) in [6.07, 6.45) is 0. The Kier molecular flexibility index (Phi) is 2.78. The summed E-state index contributed by atoms with van der Waals surface area (Å²) in [7, 11) is 1.60. The molecule has 4 nitrogen and oxygen atoms in total. The number of hydrogen-bond acceptors (Lipinski definition) is 4. The lowest BCUT2D eigenvalue weighted by Gasteiger charge is -2.17. The number of hydrogen-bond donors (Lipinski definition) is 0. The first-order valence-corrected chi connectivity index (χ1v) is 5.06. The summed E-state index contributed by atoms with van der Waals surface area (Å²) >= 11 is 0. The number of carbonyl (C=O) groups excluding carboxylic acids is 1. The van der Waals surface area contributed by atoms with Crippen molar-refractivity contribution in [2.75, 3.05) is 25.1 Å². The molecule has 1 aromatic rings. The standard InChI is InChI=1S/C12H12N2O2/c1-16-11-4-2-3-10(5-11)14-7-9(6-13)12(15)8-14/h2-5,9H,7-8H2,1H3/t9-/m1/s1. The van der Waals surface area contributed by atoms with Crippen LogP contribution in [0.1, 0.15) is 0 Å². The third-order valence-electron chi connectivity index (χ3n) is 2.71. The first-order chi connectivity index (χ1) is 7.74. The quantitative estimate of drug-likeness (QED) is 0.746. The Morgan fingerprint density at radius 3 is 3.00 bits per heavy atom. The van der Waals surface area contributed by atoms with Gasteiger partial charge in [0.05, 0.1) is 19.7 Å². The molecule has 2 rings (SSSR count). The van der Waals surface area contributed by atoms with E-state index >= 15 is 0 Å². The highest BCUT2D eigenvalue weighted by atomic mass is 16.5. The number of methoxy groups -OCH3 is 1. The lowest BCUT2D eigenvalue weighted by atomic mass is 10.1. The molecule has 4 heteroatoms. The van der Waals surface area contributed by atoms with Crippen molar-refractivity contribution in [1.29, 1.82) is 5.26 Å². The zero-order chi connectivity index (χ0) is 11.5. The number of nitriles is 1. The molecule has 1 aliphatic heterocycles. The molecular weight excluding hydrogens is 204 g/mol. The highest BCUT2D eigenvalue weighted by molar-refractivity contribution is 5.91.